The molecule has 31 heavy (non-hydrogen) atoms. The Balaban J connectivity index is 1.68. The normalized spacial score (nSPS) is 10.4. The van der Waals surface area contributed by atoms with Crippen LogP contribution in [0.2, 0.25) is 0 Å². The minimum absolute atomic E-state index is 0.0585. The standard InChI is InChI=1S/C22H23N3O5S/c1-28-16-6-4-5-14(9-16)13-31-22-23-15(11-21(27)25-22)10-20(26)24-18-12-17(29-2)7-8-19(18)30-3/h4-9,11-12H,10,13H2,1-3H3,(H,24,26)(H,23,25,27). The number of nitrogens with zero attached hydrogens (tertiary/aromatic N) is 1. The van der Waals surface area contributed by atoms with Crippen LogP contribution < -0.4 is 25.1 Å². The van der Waals surface area contributed by atoms with Crippen molar-refractivity contribution >= 4 is 23.4 Å². The monoisotopic (exact) mass is 441 g/mol. The molecule has 3 aromatic rings. The quantitative estimate of drug-likeness (QED) is 0.388. The van der Waals surface area contributed by atoms with Crippen molar-refractivity contribution in [3.05, 3.63) is 70.1 Å². The number of methoxy groups -OCH3 is 3. The highest BCUT2D eigenvalue weighted by Crippen LogP contribution is 2.29. The van der Waals surface area contributed by atoms with Gasteiger partial charge in [-0.05, 0) is 29.8 Å². The zero-order chi connectivity index (χ0) is 22.2. The van der Waals surface area contributed by atoms with Crippen LogP contribution in [-0.4, -0.2) is 37.2 Å². The van der Waals surface area contributed by atoms with Gasteiger partial charge in [-0.1, -0.05) is 23.9 Å². The maximum atomic E-state index is 12.5. The Labute approximate surface area is 184 Å². The number of aromatic amines is 1. The highest BCUT2D eigenvalue weighted by molar-refractivity contribution is 7.98. The molecule has 8 nitrogen and oxygen atoms in total. The first-order valence-electron chi connectivity index (χ1n) is 9.38. The van der Waals surface area contributed by atoms with Gasteiger partial charge < -0.3 is 24.5 Å². The summed E-state index contributed by atoms with van der Waals surface area (Å²) in [6.45, 7) is 0. The molecule has 0 fully saturated rings. The van der Waals surface area contributed by atoms with Crippen molar-refractivity contribution in [3.8, 4) is 17.2 Å². The van der Waals surface area contributed by atoms with Crippen LogP contribution in [-0.2, 0) is 17.0 Å². The zero-order valence-corrected chi connectivity index (χ0v) is 18.2. The van der Waals surface area contributed by atoms with E-state index in [-0.39, 0.29) is 17.9 Å². The molecular weight excluding hydrogens is 418 g/mol. The van der Waals surface area contributed by atoms with Crippen molar-refractivity contribution in [2.45, 2.75) is 17.3 Å². The van der Waals surface area contributed by atoms with Gasteiger partial charge in [-0.2, -0.15) is 0 Å². The van der Waals surface area contributed by atoms with E-state index >= 15 is 0 Å². The summed E-state index contributed by atoms with van der Waals surface area (Å²) in [6.07, 6.45) is -0.0585. The molecule has 1 amide bonds. The summed E-state index contributed by atoms with van der Waals surface area (Å²) in [4.78, 5) is 31.7. The Bertz CT molecular complexity index is 1120. The first-order chi connectivity index (χ1) is 15.0. The highest BCUT2D eigenvalue weighted by Gasteiger charge is 2.12. The number of aromatic nitrogens is 2. The highest BCUT2D eigenvalue weighted by atomic mass is 32.2. The number of hydrogen-bond donors (Lipinski definition) is 2. The molecular formula is C22H23N3O5S. The topological polar surface area (TPSA) is 103 Å². The lowest BCUT2D eigenvalue weighted by Gasteiger charge is -2.12. The van der Waals surface area contributed by atoms with Gasteiger partial charge in [0.25, 0.3) is 5.56 Å². The molecule has 1 heterocycles. The molecule has 2 N–H and O–H groups in total. The smallest absolute Gasteiger partial charge is 0.251 e. The molecule has 0 aliphatic heterocycles. The number of ether oxygens (including phenoxy) is 3. The summed E-state index contributed by atoms with van der Waals surface area (Å²) in [6, 6.07) is 14.1. The van der Waals surface area contributed by atoms with Crippen molar-refractivity contribution in [1.82, 2.24) is 9.97 Å². The maximum absolute atomic E-state index is 12.5. The second kappa shape index (κ2) is 10.5. The summed E-state index contributed by atoms with van der Waals surface area (Å²) < 4.78 is 15.7. The molecule has 0 spiro atoms. The van der Waals surface area contributed by atoms with Gasteiger partial charge in [0.15, 0.2) is 5.16 Å². The van der Waals surface area contributed by atoms with Crippen molar-refractivity contribution in [1.29, 1.82) is 0 Å². The molecule has 0 aliphatic rings. The molecule has 0 saturated heterocycles. The average Bonchev–Trinajstić information content (AvgIpc) is 2.77. The van der Waals surface area contributed by atoms with Gasteiger partial charge in [-0.15, -0.1) is 0 Å². The minimum Gasteiger partial charge on any atom is -0.497 e. The Kier molecular flexibility index (Phi) is 7.55. The van der Waals surface area contributed by atoms with Crippen LogP contribution >= 0.6 is 11.8 Å². The minimum atomic E-state index is -0.326. The van der Waals surface area contributed by atoms with Gasteiger partial charge in [0, 0.05) is 17.9 Å². The summed E-state index contributed by atoms with van der Waals surface area (Å²) >= 11 is 1.37. The van der Waals surface area contributed by atoms with Crippen molar-refractivity contribution in [2.75, 3.05) is 26.6 Å². The summed E-state index contributed by atoms with van der Waals surface area (Å²) in [7, 11) is 4.67. The Hall–Kier alpha value is -3.46. The molecule has 0 bridgehead atoms. The lowest BCUT2D eigenvalue weighted by Crippen LogP contribution is -2.18. The third kappa shape index (κ3) is 6.26. The summed E-state index contributed by atoms with van der Waals surface area (Å²) in [5.41, 5.74) is 1.56. The second-order valence-corrected chi connectivity index (χ2v) is 7.44. The Morgan fingerprint density at radius 3 is 2.55 bits per heavy atom. The number of benzene rings is 2. The number of H-pyrrole nitrogens is 1. The van der Waals surface area contributed by atoms with E-state index < -0.39 is 0 Å². The molecule has 2 aromatic carbocycles. The van der Waals surface area contributed by atoms with Gasteiger partial charge in [0.2, 0.25) is 5.91 Å². The number of rotatable bonds is 9. The summed E-state index contributed by atoms with van der Waals surface area (Å²) in [5, 5.41) is 3.22. The molecule has 0 radical (unpaired) electrons. The Morgan fingerprint density at radius 2 is 1.81 bits per heavy atom. The lowest BCUT2D eigenvalue weighted by atomic mass is 10.2. The predicted octanol–water partition coefficient (Wildman–Crippen LogP) is 3.27. The van der Waals surface area contributed by atoms with Crippen molar-refractivity contribution in [2.24, 2.45) is 0 Å². The zero-order valence-electron chi connectivity index (χ0n) is 17.4. The average molecular weight is 442 g/mol. The fraction of sp³-hybridized carbons (Fsp3) is 0.227. The number of carbonyl (C=O) groups is 1. The van der Waals surface area contributed by atoms with E-state index in [1.807, 2.05) is 24.3 Å². The van der Waals surface area contributed by atoms with E-state index in [0.717, 1.165) is 11.3 Å². The fourth-order valence-electron chi connectivity index (χ4n) is 2.83. The maximum Gasteiger partial charge on any atom is 0.251 e. The van der Waals surface area contributed by atoms with Crippen LogP contribution in [0.4, 0.5) is 5.69 Å². The second-order valence-electron chi connectivity index (χ2n) is 6.47. The lowest BCUT2D eigenvalue weighted by molar-refractivity contribution is -0.115. The number of nitrogens with one attached hydrogen (secondary N) is 2. The van der Waals surface area contributed by atoms with Gasteiger partial charge in [-0.3, -0.25) is 9.59 Å². The van der Waals surface area contributed by atoms with Crippen LogP contribution in [0.25, 0.3) is 0 Å². The van der Waals surface area contributed by atoms with Crippen molar-refractivity contribution < 1.29 is 19.0 Å². The molecule has 0 atom stereocenters. The van der Waals surface area contributed by atoms with E-state index in [9.17, 15) is 9.59 Å². The third-order valence-corrected chi connectivity index (χ3v) is 5.25. The van der Waals surface area contributed by atoms with E-state index in [1.54, 1.807) is 25.3 Å². The van der Waals surface area contributed by atoms with E-state index in [4.69, 9.17) is 14.2 Å². The van der Waals surface area contributed by atoms with Crippen molar-refractivity contribution in [3.63, 3.8) is 0 Å². The SMILES string of the molecule is COc1cccc(CSc2nc(CC(=O)Nc3cc(OC)ccc3OC)cc(=O)[nH]2)c1. The number of anilines is 1. The number of thioether (sulfide) groups is 1. The van der Waals surface area contributed by atoms with Crippen LogP contribution in [0.1, 0.15) is 11.3 Å². The van der Waals surface area contributed by atoms with E-state index in [2.05, 4.69) is 15.3 Å². The largest absolute Gasteiger partial charge is 0.497 e. The fourth-order valence-corrected chi connectivity index (χ4v) is 3.66. The third-order valence-electron chi connectivity index (χ3n) is 4.31. The molecule has 0 saturated carbocycles. The Morgan fingerprint density at radius 1 is 1.03 bits per heavy atom. The molecule has 3 rings (SSSR count). The van der Waals surface area contributed by atoms with E-state index in [1.165, 1.54) is 32.0 Å². The van der Waals surface area contributed by atoms with Crippen LogP contribution in [0.3, 0.4) is 0 Å². The van der Waals surface area contributed by atoms with E-state index in [0.29, 0.717) is 33.8 Å². The first-order valence-corrected chi connectivity index (χ1v) is 10.4. The van der Waals surface area contributed by atoms with Gasteiger partial charge in [0.1, 0.15) is 17.2 Å². The van der Waals surface area contributed by atoms with Gasteiger partial charge in [-0.25, -0.2) is 4.98 Å². The van der Waals surface area contributed by atoms with Crippen LogP contribution in [0.5, 0.6) is 17.2 Å². The molecule has 162 valence electrons. The predicted molar refractivity (Wildman–Crippen MR) is 119 cm³/mol. The molecule has 9 heteroatoms. The molecule has 0 unspecified atom stereocenters. The van der Waals surface area contributed by atoms with Gasteiger partial charge in [0.05, 0.1) is 39.1 Å². The van der Waals surface area contributed by atoms with Crippen LogP contribution in [0, 0.1) is 0 Å². The molecule has 0 aliphatic carbocycles. The summed E-state index contributed by atoms with van der Waals surface area (Å²) in [5.74, 6) is 2.12. The van der Waals surface area contributed by atoms with Gasteiger partial charge >= 0.3 is 0 Å². The number of amides is 1. The molecule has 1 aromatic heterocycles. The number of carbonyl (C=O) groups excluding carboxylic acids is 1. The van der Waals surface area contributed by atoms with Crippen LogP contribution in [0.15, 0.2) is 58.5 Å². The first kappa shape index (κ1) is 22.2. The number of hydrogen-bond acceptors (Lipinski definition) is 7.